The molecule has 2 N–H and O–H groups in total. The smallest absolute Gasteiger partial charge is 0.357 e. The number of carboxylic acids is 1. The molecule has 0 aliphatic heterocycles. The van der Waals surface area contributed by atoms with Crippen LogP contribution in [-0.2, 0) is 6.54 Å². The normalized spacial score (nSPS) is 10.2. The van der Waals surface area contributed by atoms with E-state index in [0.29, 0.717) is 12.2 Å². The number of carbonyl (C=O) groups is 1. The van der Waals surface area contributed by atoms with Gasteiger partial charge in [-0.15, -0.1) is 0 Å². The highest BCUT2D eigenvalue weighted by molar-refractivity contribution is 7.06. The fourth-order valence-corrected chi connectivity index (χ4v) is 2.17. The molecule has 88 valence electrons. The van der Waals surface area contributed by atoms with Crippen molar-refractivity contribution in [2.75, 3.05) is 5.32 Å². The summed E-state index contributed by atoms with van der Waals surface area (Å²) in [5.41, 5.74) is 1.82. The first-order valence-electron chi connectivity index (χ1n) is 5.16. The SMILES string of the molecule is Cc1snc(C(=O)O)c1NCc1ccccc1. The molecule has 0 aliphatic rings. The van der Waals surface area contributed by atoms with Gasteiger partial charge in [-0.2, -0.15) is 4.37 Å². The van der Waals surface area contributed by atoms with E-state index < -0.39 is 5.97 Å². The Morgan fingerprint density at radius 1 is 1.41 bits per heavy atom. The molecule has 0 aliphatic carbocycles. The fourth-order valence-electron chi connectivity index (χ4n) is 1.51. The van der Waals surface area contributed by atoms with E-state index in [4.69, 9.17) is 5.11 Å². The third kappa shape index (κ3) is 2.62. The Hall–Kier alpha value is -1.88. The van der Waals surface area contributed by atoms with E-state index >= 15 is 0 Å². The molecule has 0 atom stereocenters. The second-order valence-corrected chi connectivity index (χ2v) is 4.58. The van der Waals surface area contributed by atoms with Crippen molar-refractivity contribution < 1.29 is 9.90 Å². The Morgan fingerprint density at radius 3 is 2.76 bits per heavy atom. The summed E-state index contributed by atoms with van der Waals surface area (Å²) in [4.78, 5) is 11.8. The quantitative estimate of drug-likeness (QED) is 0.873. The van der Waals surface area contributed by atoms with Crippen molar-refractivity contribution in [1.29, 1.82) is 0 Å². The molecule has 0 spiro atoms. The number of aryl methyl sites for hydroxylation is 1. The van der Waals surface area contributed by atoms with E-state index in [2.05, 4.69) is 9.69 Å². The van der Waals surface area contributed by atoms with Crippen LogP contribution < -0.4 is 5.32 Å². The van der Waals surface area contributed by atoms with E-state index in [1.165, 1.54) is 11.5 Å². The lowest BCUT2D eigenvalue weighted by atomic mass is 10.2. The van der Waals surface area contributed by atoms with Crippen molar-refractivity contribution in [2.24, 2.45) is 0 Å². The molecule has 1 heterocycles. The van der Waals surface area contributed by atoms with Crippen LogP contribution in [0.15, 0.2) is 30.3 Å². The molecule has 0 amide bonds. The van der Waals surface area contributed by atoms with Gasteiger partial charge in [-0.25, -0.2) is 4.79 Å². The largest absolute Gasteiger partial charge is 0.476 e. The summed E-state index contributed by atoms with van der Waals surface area (Å²) >= 11 is 1.20. The van der Waals surface area contributed by atoms with Crippen LogP contribution in [0.3, 0.4) is 0 Å². The highest BCUT2D eigenvalue weighted by Gasteiger charge is 2.16. The number of nitrogens with zero attached hydrogens (tertiary/aromatic N) is 1. The lowest BCUT2D eigenvalue weighted by Crippen LogP contribution is -2.06. The Kier molecular flexibility index (Phi) is 3.39. The van der Waals surface area contributed by atoms with E-state index in [1.807, 2.05) is 37.3 Å². The lowest BCUT2D eigenvalue weighted by molar-refractivity contribution is 0.0693. The molecule has 0 radical (unpaired) electrons. The maximum atomic E-state index is 11.0. The lowest BCUT2D eigenvalue weighted by Gasteiger charge is -2.06. The van der Waals surface area contributed by atoms with Crippen LogP contribution in [0, 0.1) is 6.92 Å². The average Bonchev–Trinajstić information content (AvgIpc) is 2.69. The van der Waals surface area contributed by atoms with Crippen LogP contribution in [-0.4, -0.2) is 15.4 Å². The predicted molar refractivity (Wildman–Crippen MR) is 67.6 cm³/mol. The van der Waals surface area contributed by atoms with Gasteiger partial charge in [-0.3, -0.25) is 0 Å². The van der Waals surface area contributed by atoms with Crippen molar-refractivity contribution in [1.82, 2.24) is 4.37 Å². The summed E-state index contributed by atoms with van der Waals surface area (Å²) < 4.78 is 3.91. The van der Waals surface area contributed by atoms with Crippen LogP contribution in [0.25, 0.3) is 0 Å². The van der Waals surface area contributed by atoms with Crippen molar-refractivity contribution in [3.8, 4) is 0 Å². The van der Waals surface area contributed by atoms with Crippen molar-refractivity contribution in [3.05, 3.63) is 46.5 Å². The van der Waals surface area contributed by atoms with Gasteiger partial charge in [0.05, 0.1) is 5.69 Å². The minimum absolute atomic E-state index is 0.100. The zero-order valence-electron chi connectivity index (χ0n) is 9.30. The molecule has 1 aromatic carbocycles. The van der Waals surface area contributed by atoms with Gasteiger partial charge in [0.25, 0.3) is 0 Å². The van der Waals surface area contributed by atoms with Crippen LogP contribution in [0.2, 0.25) is 0 Å². The molecule has 0 saturated carbocycles. The second-order valence-electron chi connectivity index (χ2n) is 3.61. The van der Waals surface area contributed by atoms with Crippen molar-refractivity contribution in [3.63, 3.8) is 0 Å². The number of benzene rings is 1. The van der Waals surface area contributed by atoms with Crippen LogP contribution in [0.1, 0.15) is 20.9 Å². The van der Waals surface area contributed by atoms with Gasteiger partial charge in [0, 0.05) is 11.4 Å². The number of rotatable bonds is 4. The third-order valence-electron chi connectivity index (χ3n) is 2.38. The Balaban J connectivity index is 2.14. The second kappa shape index (κ2) is 4.97. The van der Waals surface area contributed by atoms with E-state index in [0.717, 1.165) is 10.4 Å². The zero-order valence-corrected chi connectivity index (χ0v) is 10.1. The molecule has 17 heavy (non-hydrogen) atoms. The number of hydrogen-bond acceptors (Lipinski definition) is 4. The third-order valence-corrected chi connectivity index (χ3v) is 3.13. The molecular weight excluding hydrogens is 236 g/mol. The summed E-state index contributed by atoms with van der Waals surface area (Å²) in [6.07, 6.45) is 0. The molecule has 0 fully saturated rings. The van der Waals surface area contributed by atoms with Crippen molar-refractivity contribution in [2.45, 2.75) is 13.5 Å². The summed E-state index contributed by atoms with van der Waals surface area (Å²) in [5.74, 6) is -0.995. The number of carboxylic acid groups (broad SMARTS) is 1. The first kappa shape index (κ1) is 11.6. The van der Waals surface area contributed by atoms with Gasteiger partial charge >= 0.3 is 5.97 Å². The predicted octanol–water partition coefficient (Wildman–Crippen LogP) is 2.76. The summed E-state index contributed by atoms with van der Waals surface area (Å²) in [6, 6.07) is 9.83. The fraction of sp³-hybridized carbons (Fsp3) is 0.167. The first-order valence-corrected chi connectivity index (χ1v) is 5.93. The van der Waals surface area contributed by atoms with E-state index in [9.17, 15) is 4.79 Å². The van der Waals surface area contributed by atoms with E-state index in [-0.39, 0.29) is 5.69 Å². The van der Waals surface area contributed by atoms with Crippen LogP contribution in [0.5, 0.6) is 0 Å². The first-order chi connectivity index (χ1) is 8.18. The molecule has 2 aromatic rings. The van der Waals surface area contributed by atoms with Crippen molar-refractivity contribution >= 4 is 23.2 Å². The van der Waals surface area contributed by atoms with Gasteiger partial charge in [-0.1, -0.05) is 30.3 Å². The highest BCUT2D eigenvalue weighted by atomic mass is 32.1. The summed E-state index contributed by atoms with van der Waals surface area (Å²) in [7, 11) is 0. The van der Waals surface area contributed by atoms with Gasteiger partial charge in [0.2, 0.25) is 0 Å². The number of aromatic carboxylic acids is 1. The maximum Gasteiger partial charge on any atom is 0.357 e. The standard InChI is InChI=1S/C12H12N2O2S/c1-8-10(11(12(15)16)14-17-8)13-7-9-5-3-2-4-6-9/h2-6,13H,7H2,1H3,(H,15,16). The van der Waals surface area contributed by atoms with Gasteiger partial charge in [0.15, 0.2) is 5.69 Å². The van der Waals surface area contributed by atoms with Gasteiger partial charge < -0.3 is 10.4 Å². The molecule has 0 unspecified atom stereocenters. The molecule has 0 bridgehead atoms. The molecule has 0 saturated heterocycles. The number of nitrogens with one attached hydrogen (secondary N) is 1. The number of anilines is 1. The summed E-state index contributed by atoms with van der Waals surface area (Å²) in [5, 5.41) is 12.1. The minimum Gasteiger partial charge on any atom is -0.476 e. The Morgan fingerprint density at radius 2 is 2.12 bits per heavy atom. The van der Waals surface area contributed by atoms with Crippen LogP contribution >= 0.6 is 11.5 Å². The van der Waals surface area contributed by atoms with Gasteiger partial charge in [-0.05, 0) is 24.0 Å². The zero-order chi connectivity index (χ0) is 12.3. The topological polar surface area (TPSA) is 62.2 Å². The molecule has 1 aromatic heterocycles. The molecule has 2 rings (SSSR count). The Bertz CT molecular complexity index is 523. The maximum absolute atomic E-state index is 11.0. The molecule has 4 nitrogen and oxygen atoms in total. The Labute approximate surface area is 103 Å². The van der Waals surface area contributed by atoms with Gasteiger partial charge in [0.1, 0.15) is 0 Å². The minimum atomic E-state index is -0.995. The number of hydrogen-bond donors (Lipinski definition) is 2. The van der Waals surface area contributed by atoms with Crippen LogP contribution in [0.4, 0.5) is 5.69 Å². The highest BCUT2D eigenvalue weighted by Crippen LogP contribution is 2.24. The number of aromatic nitrogens is 1. The molecular formula is C12H12N2O2S. The molecule has 5 heteroatoms. The average molecular weight is 248 g/mol. The monoisotopic (exact) mass is 248 g/mol. The summed E-state index contributed by atoms with van der Waals surface area (Å²) in [6.45, 7) is 2.46. The van der Waals surface area contributed by atoms with E-state index in [1.54, 1.807) is 0 Å².